The number of nitrogens with two attached hydrogens (primary N) is 1. The molecule has 2 aromatic carbocycles. The molecule has 0 aliphatic carbocycles. The van der Waals surface area contributed by atoms with E-state index in [4.69, 9.17) is 10.9 Å². The molecule has 0 saturated heterocycles. The number of halogens is 3. The molecule has 12 heteroatoms. The highest BCUT2D eigenvalue weighted by Crippen LogP contribution is 2.12. The van der Waals surface area contributed by atoms with Crippen molar-refractivity contribution in [3.63, 3.8) is 0 Å². The highest BCUT2D eigenvalue weighted by molar-refractivity contribution is 5.97. The van der Waals surface area contributed by atoms with Crippen molar-refractivity contribution in [1.29, 1.82) is 0 Å². The molecule has 0 bridgehead atoms. The van der Waals surface area contributed by atoms with E-state index in [9.17, 15) is 27.6 Å². The SMILES string of the molecule is C.NC[C@H](NC(=O)c1ccc(C#Cc2ccc(NC(=O)CNCC(F)(F)F)cc2)cc1)C(=O)NO. The van der Waals surface area contributed by atoms with Gasteiger partial charge in [0.1, 0.15) is 6.04 Å². The molecular formula is C23H26F3N5O4. The Kier molecular flexibility index (Phi) is 11.4. The van der Waals surface area contributed by atoms with Gasteiger partial charge in [-0.15, -0.1) is 0 Å². The van der Waals surface area contributed by atoms with Crippen LogP contribution in [0.25, 0.3) is 0 Å². The molecule has 0 aliphatic heterocycles. The number of anilines is 1. The first kappa shape index (κ1) is 29.1. The molecule has 2 rings (SSSR count). The molecule has 0 aromatic heterocycles. The van der Waals surface area contributed by atoms with Crippen molar-refractivity contribution in [3.05, 3.63) is 65.2 Å². The lowest BCUT2D eigenvalue weighted by Crippen LogP contribution is -2.50. The van der Waals surface area contributed by atoms with Gasteiger partial charge in [-0.2, -0.15) is 13.2 Å². The lowest BCUT2D eigenvalue weighted by molar-refractivity contribution is -0.131. The Labute approximate surface area is 200 Å². The van der Waals surface area contributed by atoms with Crippen LogP contribution in [-0.4, -0.2) is 54.8 Å². The van der Waals surface area contributed by atoms with Gasteiger partial charge in [0, 0.05) is 28.9 Å². The Morgan fingerprint density at radius 2 is 1.51 bits per heavy atom. The number of carbonyl (C=O) groups is 3. The van der Waals surface area contributed by atoms with Gasteiger partial charge >= 0.3 is 6.18 Å². The van der Waals surface area contributed by atoms with Crippen molar-refractivity contribution in [2.24, 2.45) is 5.73 Å². The number of hydroxylamine groups is 1. The molecule has 2 aromatic rings. The van der Waals surface area contributed by atoms with Crippen LogP contribution in [0.3, 0.4) is 0 Å². The van der Waals surface area contributed by atoms with Crippen LogP contribution >= 0.6 is 0 Å². The third kappa shape index (κ3) is 10.3. The van der Waals surface area contributed by atoms with Crippen LogP contribution < -0.4 is 27.2 Å². The average Bonchev–Trinajstić information content (AvgIpc) is 2.81. The smallest absolute Gasteiger partial charge is 0.339 e. The Morgan fingerprint density at radius 3 is 2.00 bits per heavy atom. The van der Waals surface area contributed by atoms with E-state index in [1.165, 1.54) is 17.6 Å². The number of benzene rings is 2. The van der Waals surface area contributed by atoms with Gasteiger partial charge in [-0.3, -0.25) is 19.6 Å². The topological polar surface area (TPSA) is 146 Å². The zero-order valence-electron chi connectivity index (χ0n) is 17.7. The molecule has 35 heavy (non-hydrogen) atoms. The summed E-state index contributed by atoms with van der Waals surface area (Å²) in [6, 6.07) is 11.5. The van der Waals surface area contributed by atoms with Crippen LogP contribution in [0.2, 0.25) is 0 Å². The van der Waals surface area contributed by atoms with Crippen molar-refractivity contribution in [1.82, 2.24) is 16.1 Å². The van der Waals surface area contributed by atoms with Crippen LogP contribution in [0, 0.1) is 11.8 Å². The van der Waals surface area contributed by atoms with Gasteiger partial charge in [-0.25, -0.2) is 5.48 Å². The predicted octanol–water partition coefficient (Wildman–Crippen LogP) is 1.38. The van der Waals surface area contributed by atoms with E-state index in [0.717, 1.165) is 0 Å². The van der Waals surface area contributed by atoms with Crippen molar-refractivity contribution in [2.45, 2.75) is 19.6 Å². The van der Waals surface area contributed by atoms with Gasteiger partial charge < -0.3 is 21.7 Å². The van der Waals surface area contributed by atoms with Crippen molar-refractivity contribution in [2.75, 3.05) is 25.0 Å². The molecule has 0 fully saturated rings. The predicted molar refractivity (Wildman–Crippen MR) is 123 cm³/mol. The van der Waals surface area contributed by atoms with Crippen molar-refractivity contribution >= 4 is 23.4 Å². The summed E-state index contributed by atoms with van der Waals surface area (Å²) in [7, 11) is 0. The van der Waals surface area contributed by atoms with Gasteiger partial charge in [0.05, 0.1) is 13.1 Å². The van der Waals surface area contributed by atoms with Crippen LogP contribution in [0.15, 0.2) is 48.5 Å². The number of nitrogens with one attached hydrogen (secondary N) is 4. The van der Waals surface area contributed by atoms with E-state index >= 15 is 0 Å². The second kappa shape index (κ2) is 13.7. The molecule has 188 valence electrons. The Morgan fingerprint density at radius 1 is 0.971 bits per heavy atom. The zero-order chi connectivity index (χ0) is 25.1. The summed E-state index contributed by atoms with van der Waals surface area (Å²) in [6.45, 7) is -1.93. The van der Waals surface area contributed by atoms with Crippen molar-refractivity contribution in [3.8, 4) is 11.8 Å². The molecule has 7 N–H and O–H groups in total. The summed E-state index contributed by atoms with van der Waals surface area (Å²) in [5.41, 5.74) is 8.72. The standard InChI is InChI=1S/C22H22F3N5O4.CH4/c23-22(24,25)13-27-12-19(31)28-17-9-5-15(6-10-17)2-1-14-3-7-16(8-4-14)20(32)29-18(11-26)21(33)30-34;/h3-10,18,27,34H,11-13,26H2,(H,28,31)(H,29,32)(H,30,33);1H4/t18-;/m0./s1. The van der Waals surface area contributed by atoms with Crippen molar-refractivity contribution < 1.29 is 32.8 Å². The summed E-state index contributed by atoms with van der Waals surface area (Å²) in [5.74, 6) is 3.82. The largest absolute Gasteiger partial charge is 0.401 e. The fraction of sp³-hybridized carbons (Fsp3) is 0.261. The van der Waals surface area contributed by atoms with Crippen LogP contribution in [0.5, 0.6) is 0 Å². The number of alkyl halides is 3. The molecular weight excluding hydrogens is 467 g/mol. The van der Waals surface area contributed by atoms with E-state index in [2.05, 4.69) is 22.5 Å². The highest BCUT2D eigenvalue weighted by atomic mass is 19.4. The number of amides is 3. The molecule has 0 aliphatic rings. The van der Waals surface area contributed by atoms with Crippen LogP contribution in [-0.2, 0) is 9.59 Å². The highest BCUT2D eigenvalue weighted by Gasteiger charge is 2.26. The number of carbonyl (C=O) groups excluding carboxylic acids is 3. The van der Waals surface area contributed by atoms with E-state index in [1.807, 2.05) is 5.32 Å². The number of rotatable bonds is 8. The molecule has 0 saturated carbocycles. The summed E-state index contributed by atoms with van der Waals surface area (Å²) in [4.78, 5) is 35.2. The average molecular weight is 493 g/mol. The maximum Gasteiger partial charge on any atom is 0.401 e. The number of hydrogen-bond acceptors (Lipinski definition) is 6. The van der Waals surface area contributed by atoms with Crippen LogP contribution in [0.4, 0.5) is 18.9 Å². The summed E-state index contributed by atoms with van der Waals surface area (Å²) < 4.78 is 36.2. The summed E-state index contributed by atoms with van der Waals surface area (Å²) in [5, 5.41) is 15.5. The summed E-state index contributed by atoms with van der Waals surface area (Å²) >= 11 is 0. The molecule has 1 atom stereocenters. The van der Waals surface area contributed by atoms with E-state index in [1.54, 1.807) is 36.4 Å². The zero-order valence-corrected chi connectivity index (χ0v) is 17.7. The first-order chi connectivity index (χ1) is 16.1. The first-order valence-electron chi connectivity index (χ1n) is 9.85. The second-order valence-electron chi connectivity index (χ2n) is 6.91. The minimum Gasteiger partial charge on any atom is -0.339 e. The molecule has 0 spiro atoms. The maximum absolute atomic E-state index is 12.2. The lowest BCUT2D eigenvalue weighted by Gasteiger charge is -2.14. The van der Waals surface area contributed by atoms with E-state index < -0.39 is 43.0 Å². The minimum atomic E-state index is -4.39. The molecule has 3 amide bonds. The maximum atomic E-state index is 12.2. The van der Waals surface area contributed by atoms with Gasteiger partial charge in [-0.1, -0.05) is 19.3 Å². The van der Waals surface area contributed by atoms with E-state index in [0.29, 0.717) is 16.8 Å². The molecule has 0 heterocycles. The summed E-state index contributed by atoms with van der Waals surface area (Å²) in [6.07, 6.45) is -4.39. The lowest BCUT2D eigenvalue weighted by atomic mass is 10.1. The first-order valence-corrected chi connectivity index (χ1v) is 9.85. The fourth-order valence-corrected chi connectivity index (χ4v) is 2.56. The Bertz CT molecular complexity index is 1060. The van der Waals surface area contributed by atoms with E-state index in [-0.39, 0.29) is 19.5 Å². The molecule has 0 unspecified atom stereocenters. The number of hydrogen-bond donors (Lipinski definition) is 6. The van der Waals surface area contributed by atoms with Gasteiger partial charge in [0.2, 0.25) is 5.91 Å². The fourth-order valence-electron chi connectivity index (χ4n) is 2.56. The second-order valence-corrected chi connectivity index (χ2v) is 6.91. The molecule has 9 nitrogen and oxygen atoms in total. The van der Waals surface area contributed by atoms with Gasteiger partial charge in [0.15, 0.2) is 0 Å². The van der Waals surface area contributed by atoms with Crippen LogP contribution in [0.1, 0.15) is 28.9 Å². The quantitative estimate of drug-likeness (QED) is 0.186. The van der Waals surface area contributed by atoms with Gasteiger partial charge in [0.25, 0.3) is 11.8 Å². The third-order valence-corrected chi connectivity index (χ3v) is 4.25. The monoisotopic (exact) mass is 493 g/mol. The Balaban J connectivity index is 0.00000612. The third-order valence-electron chi connectivity index (χ3n) is 4.25. The molecule has 0 radical (unpaired) electrons. The Hall–Kier alpha value is -3.92. The van der Waals surface area contributed by atoms with Gasteiger partial charge in [-0.05, 0) is 48.5 Å². The normalized spacial score (nSPS) is 11.2. The minimum absolute atomic E-state index is 0.